The molecular formula is C57H98O6. The van der Waals surface area contributed by atoms with Gasteiger partial charge >= 0.3 is 17.9 Å². The molecule has 0 saturated heterocycles. The van der Waals surface area contributed by atoms with Gasteiger partial charge in [0, 0.05) is 19.3 Å². The number of ether oxygens (including phenoxy) is 3. The van der Waals surface area contributed by atoms with Crippen molar-refractivity contribution in [3.05, 3.63) is 72.9 Å². The first-order valence-electron chi connectivity index (χ1n) is 26.4. The Hall–Kier alpha value is -3.15. The number of carbonyl (C=O) groups excluding carboxylic acids is 3. The van der Waals surface area contributed by atoms with E-state index in [1.54, 1.807) is 0 Å². The van der Waals surface area contributed by atoms with Crippen molar-refractivity contribution in [3.63, 3.8) is 0 Å². The molecule has 0 bridgehead atoms. The molecule has 0 aliphatic rings. The molecule has 0 N–H and O–H groups in total. The average Bonchev–Trinajstić information content (AvgIpc) is 3.28. The molecule has 0 spiro atoms. The lowest BCUT2D eigenvalue weighted by Gasteiger charge is -2.18. The Bertz CT molecular complexity index is 1190. The quantitative estimate of drug-likeness (QED) is 0.0262. The lowest BCUT2D eigenvalue weighted by molar-refractivity contribution is -0.167. The van der Waals surface area contributed by atoms with Gasteiger partial charge < -0.3 is 14.2 Å². The van der Waals surface area contributed by atoms with Crippen LogP contribution in [0.3, 0.4) is 0 Å². The zero-order valence-electron chi connectivity index (χ0n) is 41.3. The van der Waals surface area contributed by atoms with Crippen LogP contribution in [0.4, 0.5) is 0 Å². The summed E-state index contributed by atoms with van der Waals surface area (Å²) in [7, 11) is 0. The third-order valence-electron chi connectivity index (χ3n) is 11.2. The van der Waals surface area contributed by atoms with Crippen LogP contribution in [0.15, 0.2) is 72.9 Å². The van der Waals surface area contributed by atoms with Gasteiger partial charge in [-0.3, -0.25) is 14.4 Å². The SMILES string of the molecule is CC/C=C\C/C=C\C/C=C\C/C=C\C/C=C\CCCC(=O)OC[C@H](COC(=O)CCCCCCC/C=C\CCCCCC)OC(=O)CCCCCCCCCCCCCCCCC. The molecule has 0 saturated carbocycles. The first-order valence-corrected chi connectivity index (χ1v) is 26.4. The standard InChI is InChI=1S/C57H98O6/c1-4-7-10-13-16-19-22-25-27-28-30-32-35-38-41-44-47-50-56(59)62-53-54(52-61-55(58)49-46-43-40-37-34-31-24-21-18-15-12-9-6-3)63-57(60)51-48-45-42-39-36-33-29-26-23-20-17-14-11-8-5-2/h7,10,16,19,21,24-25,27,30,32,38,41,54H,4-6,8-9,11-15,17-18,20,22-23,26,28-29,31,33-37,39-40,42-53H2,1-3H3/b10-7-,19-16-,24-21-,27-25-,32-30-,41-38-/t54-/m0/s1. The number of hydrogen-bond donors (Lipinski definition) is 0. The van der Waals surface area contributed by atoms with Crippen molar-refractivity contribution in [3.8, 4) is 0 Å². The molecule has 362 valence electrons. The second-order valence-electron chi connectivity index (χ2n) is 17.4. The molecule has 0 aromatic heterocycles. The average molecular weight is 879 g/mol. The van der Waals surface area contributed by atoms with Crippen molar-refractivity contribution in [2.24, 2.45) is 0 Å². The smallest absolute Gasteiger partial charge is 0.306 e. The third-order valence-corrected chi connectivity index (χ3v) is 11.2. The molecule has 0 rings (SSSR count). The summed E-state index contributed by atoms with van der Waals surface area (Å²) in [6, 6.07) is 0. The normalized spacial score (nSPS) is 12.6. The third kappa shape index (κ3) is 49.7. The van der Waals surface area contributed by atoms with Crippen molar-refractivity contribution in [1.82, 2.24) is 0 Å². The Morgan fingerprint density at radius 3 is 1.06 bits per heavy atom. The Morgan fingerprint density at radius 2 is 0.635 bits per heavy atom. The van der Waals surface area contributed by atoms with Crippen LogP contribution in [0.2, 0.25) is 0 Å². The minimum Gasteiger partial charge on any atom is -0.462 e. The Morgan fingerprint density at radius 1 is 0.333 bits per heavy atom. The van der Waals surface area contributed by atoms with Crippen LogP contribution in [-0.2, 0) is 28.6 Å². The fourth-order valence-corrected chi connectivity index (χ4v) is 7.24. The van der Waals surface area contributed by atoms with Gasteiger partial charge in [-0.15, -0.1) is 0 Å². The minimum absolute atomic E-state index is 0.0957. The number of hydrogen-bond acceptors (Lipinski definition) is 6. The molecule has 0 radical (unpaired) electrons. The van der Waals surface area contributed by atoms with Gasteiger partial charge in [-0.25, -0.2) is 0 Å². The molecular weight excluding hydrogens is 781 g/mol. The molecule has 1 atom stereocenters. The van der Waals surface area contributed by atoms with Crippen LogP contribution in [-0.4, -0.2) is 37.2 Å². The Balaban J connectivity index is 4.47. The van der Waals surface area contributed by atoms with Crippen LogP contribution in [0.25, 0.3) is 0 Å². The lowest BCUT2D eigenvalue weighted by atomic mass is 10.0. The van der Waals surface area contributed by atoms with E-state index in [0.717, 1.165) is 83.5 Å². The first kappa shape index (κ1) is 59.9. The van der Waals surface area contributed by atoms with E-state index in [-0.39, 0.29) is 37.5 Å². The summed E-state index contributed by atoms with van der Waals surface area (Å²) in [5, 5.41) is 0. The molecule has 0 aliphatic carbocycles. The summed E-state index contributed by atoms with van der Waals surface area (Å²) in [5.74, 6) is -0.959. The van der Waals surface area contributed by atoms with Gasteiger partial charge in [0.15, 0.2) is 6.10 Å². The maximum absolute atomic E-state index is 12.8. The second kappa shape index (κ2) is 51.5. The molecule has 6 heteroatoms. The molecule has 0 unspecified atom stereocenters. The number of esters is 3. The fraction of sp³-hybridized carbons (Fsp3) is 0.737. The molecule has 6 nitrogen and oxygen atoms in total. The van der Waals surface area contributed by atoms with Crippen LogP contribution < -0.4 is 0 Å². The highest BCUT2D eigenvalue weighted by molar-refractivity contribution is 5.71. The van der Waals surface area contributed by atoms with Crippen LogP contribution in [0, 0.1) is 0 Å². The van der Waals surface area contributed by atoms with Crippen molar-refractivity contribution in [2.45, 2.75) is 258 Å². The van der Waals surface area contributed by atoms with Gasteiger partial charge in [0.25, 0.3) is 0 Å². The molecule has 0 aromatic rings. The van der Waals surface area contributed by atoms with Gasteiger partial charge in [0.05, 0.1) is 0 Å². The van der Waals surface area contributed by atoms with Gasteiger partial charge in [-0.05, 0) is 83.5 Å². The Labute approximate surface area is 389 Å². The summed E-state index contributed by atoms with van der Waals surface area (Å²) in [5.41, 5.74) is 0. The highest BCUT2D eigenvalue weighted by Gasteiger charge is 2.19. The molecule has 0 aliphatic heterocycles. The monoisotopic (exact) mass is 879 g/mol. The number of unbranched alkanes of at least 4 members (excludes halogenated alkanes) is 24. The van der Waals surface area contributed by atoms with E-state index in [2.05, 4.69) is 93.7 Å². The van der Waals surface area contributed by atoms with E-state index >= 15 is 0 Å². The van der Waals surface area contributed by atoms with Crippen molar-refractivity contribution in [1.29, 1.82) is 0 Å². The topological polar surface area (TPSA) is 78.9 Å². The maximum Gasteiger partial charge on any atom is 0.306 e. The van der Waals surface area contributed by atoms with Crippen LogP contribution >= 0.6 is 0 Å². The van der Waals surface area contributed by atoms with Gasteiger partial charge in [0.1, 0.15) is 13.2 Å². The van der Waals surface area contributed by atoms with Gasteiger partial charge in [0.2, 0.25) is 0 Å². The van der Waals surface area contributed by atoms with Crippen LogP contribution in [0.5, 0.6) is 0 Å². The van der Waals surface area contributed by atoms with E-state index in [1.165, 1.54) is 122 Å². The predicted octanol–water partition coefficient (Wildman–Crippen LogP) is 17.4. The molecule has 0 heterocycles. The summed E-state index contributed by atoms with van der Waals surface area (Å²) in [4.78, 5) is 38.0. The Kier molecular flexibility index (Phi) is 48.9. The van der Waals surface area contributed by atoms with Gasteiger partial charge in [-0.2, -0.15) is 0 Å². The molecule has 0 aromatic carbocycles. The number of allylic oxidation sites excluding steroid dienone is 12. The lowest BCUT2D eigenvalue weighted by Crippen LogP contribution is -2.30. The second-order valence-corrected chi connectivity index (χ2v) is 17.4. The summed E-state index contributed by atoms with van der Waals surface area (Å²) in [6.07, 6.45) is 64.6. The van der Waals surface area contributed by atoms with E-state index in [9.17, 15) is 14.4 Å². The molecule has 63 heavy (non-hydrogen) atoms. The molecule has 0 fully saturated rings. The van der Waals surface area contributed by atoms with Crippen molar-refractivity contribution < 1.29 is 28.6 Å². The van der Waals surface area contributed by atoms with Crippen LogP contribution in [0.1, 0.15) is 252 Å². The number of rotatable bonds is 47. The first-order chi connectivity index (χ1) is 31.0. The highest BCUT2D eigenvalue weighted by atomic mass is 16.6. The van der Waals surface area contributed by atoms with Crippen molar-refractivity contribution in [2.75, 3.05) is 13.2 Å². The number of carbonyl (C=O) groups is 3. The van der Waals surface area contributed by atoms with E-state index < -0.39 is 6.10 Å². The largest absolute Gasteiger partial charge is 0.462 e. The minimum atomic E-state index is -0.799. The van der Waals surface area contributed by atoms with E-state index in [1.807, 2.05) is 0 Å². The van der Waals surface area contributed by atoms with E-state index in [0.29, 0.717) is 19.3 Å². The summed E-state index contributed by atoms with van der Waals surface area (Å²) >= 11 is 0. The predicted molar refractivity (Wildman–Crippen MR) is 270 cm³/mol. The summed E-state index contributed by atoms with van der Waals surface area (Å²) in [6.45, 7) is 6.46. The van der Waals surface area contributed by atoms with Gasteiger partial charge in [-0.1, -0.05) is 222 Å². The zero-order valence-corrected chi connectivity index (χ0v) is 41.3. The summed E-state index contributed by atoms with van der Waals surface area (Å²) < 4.78 is 16.8. The zero-order chi connectivity index (χ0) is 45.8. The maximum atomic E-state index is 12.8. The highest BCUT2D eigenvalue weighted by Crippen LogP contribution is 2.15. The van der Waals surface area contributed by atoms with Crippen molar-refractivity contribution >= 4 is 17.9 Å². The molecule has 0 amide bonds. The van der Waals surface area contributed by atoms with E-state index in [4.69, 9.17) is 14.2 Å². The fourth-order valence-electron chi connectivity index (χ4n) is 7.24.